The predicted molar refractivity (Wildman–Crippen MR) is 66.8 cm³/mol. The minimum absolute atomic E-state index is 0.0290. The van der Waals surface area contributed by atoms with Crippen LogP contribution >= 0.6 is 11.6 Å². The average Bonchev–Trinajstić information content (AvgIpc) is 2.23. The highest BCUT2D eigenvalue weighted by molar-refractivity contribution is 6.32. The fraction of sp³-hybridized carbons (Fsp3) is 0.538. The van der Waals surface area contributed by atoms with Crippen molar-refractivity contribution < 1.29 is 13.5 Å². The molecule has 2 fully saturated rings. The Hall–Kier alpha value is -1.03. The lowest BCUT2D eigenvalue weighted by molar-refractivity contribution is -0.170. The highest BCUT2D eigenvalue weighted by Crippen LogP contribution is 2.57. The van der Waals surface area contributed by atoms with Gasteiger partial charge in [-0.3, -0.25) is 0 Å². The molecule has 2 nitrogen and oxygen atoms in total. The molecule has 1 aromatic rings. The quantitative estimate of drug-likeness (QED) is 0.817. The van der Waals surface area contributed by atoms with Gasteiger partial charge in [-0.1, -0.05) is 11.6 Å². The first-order chi connectivity index (χ1) is 8.43. The van der Waals surface area contributed by atoms with E-state index in [1.165, 1.54) is 0 Å². The molecule has 1 heterocycles. The van der Waals surface area contributed by atoms with Crippen LogP contribution in [0.5, 0.6) is 5.75 Å². The van der Waals surface area contributed by atoms with Gasteiger partial charge in [-0.05, 0) is 12.1 Å². The van der Waals surface area contributed by atoms with E-state index in [9.17, 15) is 8.78 Å². The number of nitrogens with zero attached hydrogens (tertiary/aromatic N) is 1. The SMILES string of the molecule is COc1cc(N2CC3(C2)CC(F)(F)C3)ccc1Cl. The summed E-state index contributed by atoms with van der Waals surface area (Å²) in [5.74, 6) is -1.82. The second-order valence-electron chi connectivity index (χ2n) is 5.38. The molecule has 1 spiro atoms. The van der Waals surface area contributed by atoms with Gasteiger partial charge in [-0.15, -0.1) is 0 Å². The Kier molecular flexibility index (Phi) is 2.49. The number of hydrogen-bond acceptors (Lipinski definition) is 2. The van der Waals surface area contributed by atoms with Crippen molar-refractivity contribution >= 4 is 17.3 Å². The first-order valence-corrected chi connectivity index (χ1v) is 6.27. The van der Waals surface area contributed by atoms with E-state index in [1.807, 2.05) is 12.1 Å². The maximum absolute atomic E-state index is 12.9. The first kappa shape index (κ1) is 12.0. The molecule has 2 aliphatic rings. The van der Waals surface area contributed by atoms with E-state index in [4.69, 9.17) is 16.3 Å². The van der Waals surface area contributed by atoms with Gasteiger partial charge in [-0.25, -0.2) is 8.78 Å². The van der Waals surface area contributed by atoms with Crippen molar-refractivity contribution in [3.63, 3.8) is 0 Å². The minimum Gasteiger partial charge on any atom is -0.495 e. The summed E-state index contributed by atoms with van der Waals surface area (Å²) < 4.78 is 31.0. The van der Waals surface area contributed by atoms with E-state index in [2.05, 4.69) is 4.90 Å². The van der Waals surface area contributed by atoms with Crippen LogP contribution < -0.4 is 9.64 Å². The topological polar surface area (TPSA) is 12.5 Å². The Morgan fingerprint density at radius 1 is 1.28 bits per heavy atom. The normalized spacial score (nSPS) is 23.4. The zero-order valence-corrected chi connectivity index (χ0v) is 10.8. The van der Waals surface area contributed by atoms with Gasteiger partial charge in [0.05, 0.1) is 12.1 Å². The molecule has 98 valence electrons. The maximum atomic E-state index is 12.9. The number of alkyl halides is 2. The van der Waals surface area contributed by atoms with Crippen LogP contribution in [0.25, 0.3) is 0 Å². The molecule has 1 aliphatic carbocycles. The molecule has 3 rings (SSSR count). The highest BCUT2D eigenvalue weighted by Gasteiger charge is 2.61. The third-order valence-electron chi connectivity index (χ3n) is 3.82. The van der Waals surface area contributed by atoms with E-state index < -0.39 is 5.92 Å². The van der Waals surface area contributed by atoms with E-state index in [-0.39, 0.29) is 18.3 Å². The molecule has 0 radical (unpaired) electrons. The number of methoxy groups -OCH3 is 1. The zero-order chi connectivity index (χ0) is 13.0. The van der Waals surface area contributed by atoms with Crippen molar-refractivity contribution in [1.82, 2.24) is 0 Å². The van der Waals surface area contributed by atoms with Gasteiger partial charge in [0.15, 0.2) is 0 Å². The number of anilines is 1. The fourth-order valence-corrected chi connectivity index (χ4v) is 3.25. The van der Waals surface area contributed by atoms with E-state index in [1.54, 1.807) is 13.2 Å². The van der Waals surface area contributed by atoms with Crippen LogP contribution in [0.2, 0.25) is 5.02 Å². The Morgan fingerprint density at radius 3 is 2.50 bits per heavy atom. The largest absolute Gasteiger partial charge is 0.495 e. The van der Waals surface area contributed by atoms with E-state index in [0.29, 0.717) is 23.9 Å². The van der Waals surface area contributed by atoms with Crippen LogP contribution in [0.3, 0.4) is 0 Å². The van der Waals surface area contributed by atoms with Gasteiger partial charge in [0.2, 0.25) is 5.92 Å². The number of rotatable bonds is 2. The molecular formula is C13H14ClF2NO. The molecule has 18 heavy (non-hydrogen) atoms. The standard InChI is InChI=1S/C13H14ClF2NO/c1-18-11-4-9(2-3-10(11)14)17-7-12(8-17)5-13(15,16)6-12/h2-4H,5-8H2,1H3. The number of halogens is 3. The second-order valence-corrected chi connectivity index (χ2v) is 5.79. The molecule has 0 bridgehead atoms. The van der Waals surface area contributed by atoms with Crippen molar-refractivity contribution in [3.05, 3.63) is 23.2 Å². The molecular weight excluding hydrogens is 260 g/mol. The highest BCUT2D eigenvalue weighted by atomic mass is 35.5. The predicted octanol–water partition coefficient (Wildman–Crippen LogP) is 3.58. The molecule has 0 aromatic heterocycles. The molecule has 0 N–H and O–H groups in total. The number of ether oxygens (including phenoxy) is 1. The van der Waals surface area contributed by atoms with Gasteiger partial charge >= 0.3 is 0 Å². The summed E-state index contributed by atoms with van der Waals surface area (Å²) in [6, 6.07) is 5.52. The molecule has 1 aliphatic heterocycles. The van der Waals surface area contributed by atoms with Gasteiger partial charge in [0.1, 0.15) is 5.75 Å². The third-order valence-corrected chi connectivity index (χ3v) is 4.13. The monoisotopic (exact) mass is 273 g/mol. The summed E-state index contributed by atoms with van der Waals surface area (Å²) in [6.45, 7) is 1.40. The Labute approximate surface area is 109 Å². The lowest BCUT2D eigenvalue weighted by atomic mass is 9.61. The summed E-state index contributed by atoms with van der Waals surface area (Å²) in [5.41, 5.74) is 0.827. The zero-order valence-electron chi connectivity index (χ0n) is 10.0. The molecule has 0 unspecified atom stereocenters. The molecule has 1 aromatic carbocycles. The van der Waals surface area contributed by atoms with Gasteiger partial charge < -0.3 is 9.64 Å². The molecule has 1 saturated carbocycles. The second kappa shape index (κ2) is 3.73. The van der Waals surface area contributed by atoms with Crippen molar-refractivity contribution in [1.29, 1.82) is 0 Å². The van der Waals surface area contributed by atoms with Crippen molar-refractivity contribution in [2.45, 2.75) is 18.8 Å². The van der Waals surface area contributed by atoms with Crippen LogP contribution in [0.4, 0.5) is 14.5 Å². The Bertz CT molecular complexity index is 476. The summed E-state index contributed by atoms with van der Waals surface area (Å²) in [4.78, 5) is 2.09. The van der Waals surface area contributed by atoms with Crippen LogP contribution in [-0.4, -0.2) is 26.1 Å². The molecule has 0 amide bonds. The summed E-state index contributed by atoms with van der Waals surface area (Å²) >= 11 is 5.95. The lowest BCUT2D eigenvalue weighted by Gasteiger charge is -2.59. The van der Waals surface area contributed by atoms with Crippen LogP contribution in [-0.2, 0) is 0 Å². The summed E-state index contributed by atoms with van der Waals surface area (Å²) in [5, 5.41) is 0.562. The average molecular weight is 274 g/mol. The number of hydrogen-bond donors (Lipinski definition) is 0. The summed E-state index contributed by atoms with van der Waals surface area (Å²) in [6.07, 6.45) is 0.0580. The Morgan fingerprint density at radius 2 is 1.94 bits per heavy atom. The molecule has 5 heteroatoms. The van der Waals surface area contributed by atoms with Crippen LogP contribution in [0.15, 0.2) is 18.2 Å². The smallest absolute Gasteiger partial charge is 0.249 e. The minimum atomic E-state index is -2.44. The van der Waals surface area contributed by atoms with Gasteiger partial charge in [-0.2, -0.15) is 0 Å². The van der Waals surface area contributed by atoms with Gasteiger partial charge in [0, 0.05) is 43.1 Å². The fourth-order valence-electron chi connectivity index (χ4n) is 3.06. The Balaban J connectivity index is 1.69. The van der Waals surface area contributed by atoms with E-state index >= 15 is 0 Å². The molecule has 0 atom stereocenters. The molecule has 1 saturated heterocycles. The third kappa shape index (κ3) is 1.83. The summed E-state index contributed by atoms with van der Waals surface area (Å²) in [7, 11) is 1.56. The van der Waals surface area contributed by atoms with Crippen molar-refractivity contribution in [2.75, 3.05) is 25.1 Å². The van der Waals surface area contributed by atoms with Crippen LogP contribution in [0.1, 0.15) is 12.8 Å². The first-order valence-electron chi connectivity index (χ1n) is 5.89. The van der Waals surface area contributed by atoms with Crippen molar-refractivity contribution in [2.24, 2.45) is 5.41 Å². The van der Waals surface area contributed by atoms with Crippen LogP contribution in [0, 0.1) is 5.41 Å². The maximum Gasteiger partial charge on any atom is 0.249 e. The number of benzene rings is 1. The lowest BCUT2D eigenvalue weighted by Crippen LogP contribution is -2.66. The van der Waals surface area contributed by atoms with Crippen molar-refractivity contribution in [3.8, 4) is 5.75 Å². The van der Waals surface area contributed by atoms with E-state index in [0.717, 1.165) is 5.69 Å². The van der Waals surface area contributed by atoms with Gasteiger partial charge in [0.25, 0.3) is 0 Å².